The van der Waals surface area contributed by atoms with E-state index in [-0.39, 0.29) is 6.04 Å². The Morgan fingerprint density at radius 2 is 2.33 bits per heavy atom. The lowest BCUT2D eigenvalue weighted by molar-refractivity contribution is 0.335. The molecule has 3 N–H and O–H groups in total. The first-order chi connectivity index (χ1) is 8.80. The van der Waals surface area contributed by atoms with E-state index in [1.807, 2.05) is 6.20 Å². The van der Waals surface area contributed by atoms with Crippen LogP contribution in [0.2, 0.25) is 0 Å². The zero-order chi connectivity index (χ0) is 13.0. The summed E-state index contributed by atoms with van der Waals surface area (Å²) in [6, 6.07) is 0.211. The maximum atomic E-state index is 5.79. The first kappa shape index (κ1) is 13.6. The van der Waals surface area contributed by atoms with Crippen molar-refractivity contribution in [3.63, 3.8) is 0 Å². The zero-order valence-corrected chi connectivity index (χ0v) is 11.6. The Hall–Kier alpha value is -0.870. The van der Waals surface area contributed by atoms with Crippen LogP contribution in [0.3, 0.4) is 0 Å². The molecule has 18 heavy (non-hydrogen) atoms. The van der Waals surface area contributed by atoms with Gasteiger partial charge in [0.25, 0.3) is 0 Å². The quantitative estimate of drug-likeness (QED) is 0.603. The van der Waals surface area contributed by atoms with Gasteiger partial charge in [-0.25, -0.2) is 10.4 Å². The van der Waals surface area contributed by atoms with Gasteiger partial charge >= 0.3 is 0 Å². The number of imidazole rings is 1. The first-order valence-corrected chi connectivity index (χ1v) is 7.27. The zero-order valence-electron chi connectivity index (χ0n) is 11.6. The van der Waals surface area contributed by atoms with Crippen LogP contribution in [0.15, 0.2) is 12.4 Å². The minimum Gasteiger partial charge on any atom is -0.334 e. The van der Waals surface area contributed by atoms with Gasteiger partial charge in [-0.05, 0) is 31.1 Å². The molecule has 4 heteroatoms. The predicted molar refractivity (Wildman–Crippen MR) is 73.7 cm³/mol. The first-order valence-electron chi connectivity index (χ1n) is 7.27. The van der Waals surface area contributed by atoms with Crippen LogP contribution in [-0.4, -0.2) is 9.55 Å². The highest BCUT2D eigenvalue weighted by Gasteiger charge is 2.32. The van der Waals surface area contributed by atoms with Crippen molar-refractivity contribution in [3.8, 4) is 0 Å². The summed E-state index contributed by atoms with van der Waals surface area (Å²) in [7, 11) is 0. The summed E-state index contributed by atoms with van der Waals surface area (Å²) in [6.45, 7) is 5.50. The van der Waals surface area contributed by atoms with Gasteiger partial charge in [0.05, 0.1) is 6.04 Å². The molecule has 1 aliphatic rings. The normalized spacial score (nSPS) is 25.5. The van der Waals surface area contributed by atoms with Crippen LogP contribution in [0.1, 0.15) is 57.8 Å². The number of aryl methyl sites for hydroxylation is 1. The lowest BCUT2D eigenvalue weighted by atomic mass is 9.95. The third-order valence-electron chi connectivity index (χ3n) is 4.30. The Bertz CT molecular complexity index is 360. The maximum Gasteiger partial charge on any atom is 0.127 e. The van der Waals surface area contributed by atoms with Gasteiger partial charge in [-0.1, -0.05) is 26.7 Å². The fourth-order valence-corrected chi connectivity index (χ4v) is 3.24. The molecule has 0 spiro atoms. The van der Waals surface area contributed by atoms with E-state index in [2.05, 4.69) is 35.0 Å². The lowest BCUT2D eigenvalue weighted by Crippen LogP contribution is -2.35. The highest BCUT2D eigenvalue weighted by molar-refractivity contribution is 5.02. The van der Waals surface area contributed by atoms with Crippen LogP contribution in [0.4, 0.5) is 0 Å². The van der Waals surface area contributed by atoms with Gasteiger partial charge in [0.15, 0.2) is 0 Å². The van der Waals surface area contributed by atoms with Crippen molar-refractivity contribution in [2.45, 2.75) is 58.5 Å². The maximum absolute atomic E-state index is 5.79. The molecular weight excluding hydrogens is 224 g/mol. The van der Waals surface area contributed by atoms with E-state index in [1.54, 1.807) is 0 Å². The molecule has 3 unspecified atom stereocenters. The summed E-state index contributed by atoms with van der Waals surface area (Å²) in [5.74, 6) is 8.42. The summed E-state index contributed by atoms with van der Waals surface area (Å²) in [5, 5.41) is 0. The Balaban J connectivity index is 2.10. The molecule has 4 nitrogen and oxygen atoms in total. The molecule has 1 heterocycles. The number of aromatic nitrogens is 2. The Labute approximate surface area is 110 Å². The van der Waals surface area contributed by atoms with Crippen molar-refractivity contribution >= 4 is 0 Å². The fraction of sp³-hybridized carbons (Fsp3) is 0.786. The molecule has 0 amide bonds. The van der Waals surface area contributed by atoms with Gasteiger partial charge in [0, 0.05) is 18.9 Å². The molecule has 2 rings (SSSR count). The van der Waals surface area contributed by atoms with Gasteiger partial charge in [-0.3, -0.25) is 5.84 Å². The van der Waals surface area contributed by atoms with E-state index in [9.17, 15) is 0 Å². The van der Waals surface area contributed by atoms with Crippen LogP contribution in [0.25, 0.3) is 0 Å². The SMILES string of the molecule is CCCn1ccnc1C(NN)C1CCC(CC)C1. The van der Waals surface area contributed by atoms with Gasteiger partial charge < -0.3 is 4.57 Å². The van der Waals surface area contributed by atoms with E-state index in [0.29, 0.717) is 5.92 Å². The topological polar surface area (TPSA) is 55.9 Å². The fourth-order valence-electron chi connectivity index (χ4n) is 3.24. The van der Waals surface area contributed by atoms with Crippen molar-refractivity contribution in [1.82, 2.24) is 15.0 Å². The third-order valence-corrected chi connectivity index (χ3v) is 4.30. The molecule has 1 aromatic rings. The van der Waals surface area contributed by atoms with Crippen molar-refractivity contribution in [2.75, 3.05) is 0 Å². The van der Waals surface area contributed by atoms with Crippen molar-refractivity contribution < 1.29 is 0 Å². The Morgan fingerprint density at radius 3 is 2.94 bits per heavy atom. The second-order valence-corrected chi connectivity index (χ2v) is 5.47. The highest BCUT2D eigenvalue weighted by Crippen LogP contribution is 2.39. The highest BCUT2D eigenvalue weighted by atomic mass is 15.3. The molecule has 1 saturated carbocycles. The molecule has 1 aromatic heterocycles. The van der Waals surface area contributed by atoms with E-state index >= 15 is 0 Å². The van der Waals surface area contributed by atoms with Crippen molar-refractivity contribution in [1.29, 1.82) is 0 Å². The number of hydrogen-bond donors (Lipinski definition) is 2. The minimum absolute atomic E-state index is 0.211. The number of nitrogens with two attached hydrogens (primary N) is 1. The van der Waals surface area contributed by atoms with Crippen LogP contribution in [0.5, 0.6) is 0 Å². The largest absolute Gasteiger partial charge is 0.334 e. The monoisotopic (exact) mass is 250 g/mol. The average Bonchev–Trinajstić information content (AvgIpc) is 3.01. The molecular formula is C14H26N4. The van der Waals surface area contributed by atoms with E-state index < -0.39 is 0 Å². The predicted octanol–water partition coefficient (Wildman–Crippen LogP) is 2.62. The molecule has 0 aliphatic heterocycles. The summed E-state index contributed by atoms with van der Waals surface area (Å²) < 4.78 is 2.24. The molecule has 1 aliphatic carbocycles. The molecule has 0 radical (unpaired) electrons. The van der Waals surface area contributed by atoms with Gasteiger partial charge in [0.1, 0.15) is 5.82 Å². The summed E-state index contributed by atoms with van der Waals surface area (Å²) in [5.41, 5.74) is 3.01. The Morgan fingerprint density at radius 1 is 1.50 bits per heavy atom. The van der Waals surface area contributed by atoms with Crippen LogP contribution >= 0.6 is 0 Å². The van der Waals surface area contributed by atoms with Crippen molar-refractivity contribution in [3.05, 3.63) is 18.2 Å². The number of hydrazine groups is 1. The number of nitrogens with one attached hydrogen (secondary N) is 1. The number of hydrogen-bond acceptors (Lipinski definition) is 3. The molecule has 0 bridgehead atoms. The molecule has 0 aromatic carbocycles. The van der Waals surface area contributed by atoms with Gasteiger partial charge in [-0.2, -0.15) is 0 Å². The second-order valence-electron chi connectivity index (χ2n) is 5.47. The second kappa shape index (κ2) is 6.34. The van der Waals surface area contributed by atoms with E-state index in [1.165, 1.54) is 25.7 Å². The molecule has 102 valence electrons. The van der Waals surface area contributed by atoms with Crippen LogP contribution in [0, 0.1) is 11.8 Å². The summed E-state index contributed by atoms with van der Waals surface area (Å²) in [6.07, 6.45) is 10.3. The van der Waals surface area contributed by atoms with E-state index in [0.717, 1.165) is 24.7 Å². The standard InChI is InChI=1S/C14H26N4/c1-3-8-18-9-7-16-14(18)13(17-15)12-6-5-11(4-2)10-12/h7,9,11-13,17H,3-6,8,10,15H2,1-2H3. The molecule has 1 fully saturated rings. The molecule has 0 saturated heterocycles. The van der Waals surface area contributed by atoms with E-state index in [4.69, 9.17) is 5.84 Å². The van der Waals surface area contributed by atoms with Gasteiger partial charge in [0.2, 0.25) is 0 Å². The Kier molecular flexibility index (Phi) is 4.78. The van der Waals surface area contributed by atoms with Crippen LogP contribution < -0.4 is 11.3 Å². The summed E-state index contributed by atoms with van der Waals surface area (Å²) >= 11 is 0. The smallest absolute Gasteiger partial charge is 0.127 e. The number of rotatable bonds is 6. The average molecular weight is 250 g/mol. The van der Waals surface area contributed by atoms with Crippen LogP contribution in [-0.2, 0) is 6.54 Å². The minimum atomic E-state index is 0.211. The molecule has 3 atom stereocenters. The summed E-state index contributed by atoms with van der Waals surface area (Å²) in [4.78, 5) is 4.52. The van der Waals surface area contributed by atoms with Gasteiger partial charge in [-0.15, -0.1) is 0 Å². The van der Waals surface area contributed by atoms with Crippen molar-refractivity contribution in [2.24, 2.45) is 17.7 Å². The third kappa shape index (κ3) is 2.75. The number of nitrogens with zero attached hydrogens (tertiary/aromatic N) is 2. The lowest BCUT2D eigenvalue weighted by Gasteiger charge is -2.23.